The first kappa shape index (κ1) is 13.0. The Morgan fingerprint density at radius 2 is 2.06 bits per heavy atom. The van der Waals surface area contributed by atoms with Crippen LogP contribution in [0.25, 0.3) is 0 Å². The number of furan rings is 1. The summed E-state index contributed by atoms with van der Waals surface area (Å²) in [6.45, 7) is 3.48. The molecule has 0 saturated carbocycles. The number of rotatable bonds is 6. The Balaban J connectivity index is 1.71. The molecule has 0 saturated heterocycles. The standard InChI is InChI=1S/C14H16ClNO2/c1-11(9-16-10-14-3-2-8-17-14)18-13-6-4-12(15)5-7-13/h2-8,11,16H,9-10H2,1H3. The lowest BCUT2D eigenvalue weighted by atomic mass is 10.3. The number of nitrogens with one attached hydrogen (secondary N) is 1. The van der Waals surface area contributed by atoms with E-state index in [9.17, 15) is 0 Å². The van der Waals surface area contributed by atoms with Gasteiger partial charge in [0, 0.05) is 11.6 Å². The minimum Gasteiger partial charge on any atom is -0.489 e. The Labute approximate surface area is 112 Å². The zero-order valence-electron chi connectivity index (χ0n) is 10.2. The van der Waals surface area contributed by atoms with Crippen molar-refractivity contribution in [1.29, 1.82) is 0 Å². The second-order valence-corrected chi connectivity index (χ2v) is 4.53. The molecule has 0 radical (unpaired) electrons. The molecule has 96 valence electrons. The summed E-state index contributed by atoms with van der Waals surface area (Å²) >= 11 is 5.81. The van der Waals surface area contributed by atoms with Gasteiger partial charge in [0.25, 0.3) is 0 Å². The normalized spacial score (nSPS) is 12.3. The Morgan fingerprint density at radius 3 is 2.72 bits per heavy atom. The summed E-state index contributed by atoms with van der Waals surface area (Å²) in [5.74, 6) is 1.75. The van der Waals surface area contributed by atoms with Crippen molar-refractivity contribution in [3.8, 4) is 5.75 Å². The molecule has 1 heterocycles. The minimum atomic E-state index is 0.0844. The fraction of sp³-hybridized carbons (Fsp3) is 0.286. The molecule has 0 bridgehead atoms. The van der Waals surface area contributed by atoms with Crippen molar-refractivity contribution in [2.45, 2.75) is 19.6 Å². The van der Waals surface area contributed by atoms with E-state index in [1.54, 1.807) is 6.26 Å². The van der Waals surface area contributed by atoms with Gasteiger partial charge in [-0.1, -0.05) is 11.6 Å². The highest BCUT2D eigenvalue weighted by atomic mass is 35.5. The lowest BCUT2D eigenvalue weighted by molar-refractivity contribution is 0.215. The predicted molar refractivity (Wildman–Crippen MR) is 72.0 cm³/mol. The van der Waals surface area contributed by atoms with Crippen LogP contribution >= 0.6 is 11.6 Å². The fourth-order valence-electron chi connectivity index (χ4n) is 1.60. The smallest absolute Gasteiger partial charge is 0.119 e. The quantitative estimate of drug-likeness (QED) is 0.868. The van der Waals surface area contributed by atoms with Crippen molar-refractivity contribution in [3.05, 3.63) is 53.4 Å². The average molecular weight is 266 g/mol. The Hall–Kier alpha value is -1.45. The summed E-state index contributed by atoms with van der Waals surface area (Å²) in [5.41, 5.74) is 0. The molecular weight excluding hydrogens is 250 g/mol. The van der Waals surface area contributed by atoms with E-state index in [4.69, 9.17) is 20.8 Å². The third-order valence-corrected chi connectivity index (χ3v) is 2.71. The van der Waals surface area contributed by atoms with E-state index >= 15 is 0 Å². The van der Waals surface area contributed by atoms with Gasteiger partial charge in [0.1, 0.15) is 17.6 Å². The number of halogens is 1. The molecule has 0 aliphatic heterocycles. The number of ether oxygens (including phenoxy) is 1. The summed E-state index contributed by atoms with van der Waals surface area (Å²) in [4.78, 5) is 0. The third kappa shape index (κ3) is 4.09. The fourth-order valence-corrected chi connectivity index (χ4v) is 1.72. The van der Waals surface area contributed by atoms with Crippen LogP contribution in [0.2, 0.25) is 5.02 Å². The zero-order valence-corrected chi connectivity index (χ0v) is 11.0. The van der Waals surface area contributed by atoms with Crippen molar-refractivity contribution in [3.63, 3.8) is 0 Å². The molecule has 1 unspecified atom stereocenters. The molecule has 1 atom stereocenters. The molecule has 0 spiro atoms. The van der Waals surface area contributed by atoms with Crippen molar-refractivity contribution in [2.75, 3.05) is 6.54 Å². The van der Waals surface area contributed by atoms with Crippen molar-refractivity contribution in [2.24, 2.45) is 0 Å². The maximum Gasteiger partial charge on any atom is 0.119 e. The van der Waals surface area contributed by atoms with E-state index in [1.807, 2.05) is 43.3 Å². The predicted octanol–water partition coefficient (Wildman–Crippen LogP) is 3.49. The SMILES string of the molecule is CC(CNCc1ccco1)Oc1ccc(Cl)cc1. The van der Waals surface area contributed by atoms with Crippen LogP contribution in [0.1, 0.15) is 12.7 Å². The van der Waals surface area contributed by atoms with Crippen molar-refractivity contribution < 1.29 is 9.15 Å². The molecule has 1 N–H and O–H groups in total. The van der Waals surface area contributed by atoms with Crippen LogP contribution in [-0.2, 0) is 6.54 Å². The highest BCUT2D eigenvalue weighted by molar-refractivity contribution is 6.30. The summed E-state index contributed by atoms with van der Waals surface area (Å²) in [5, 5.41) is 3.99. The largest absolute Gasteiger partial charge is 0.489 e. The highest BCUT2D eigenvalue weighted by Gasteiger charge is 2.04. The lowest BCUT2D eigenvalue weighted by Gasteiger charge is -2.15. The highest BCUT2D eigenvalue weighted by Crippen LogP contribution is 2.16. The molecule has 1 aromatic heterocycles. The average Bonchev–Trinajstić information content (AvgIpc) is 2.85. The number of hydrogen-bond acceptors (Lipinski definition) is 3. The molecule has 2 aromatic rings. The van der Waals surface area contributed by atoms with Crippen molar-refractivity contribution in [1.82, 2.24) is 5.32 Å². The van der Waals surface area contributed by atoms with Crippen LogP contribution in [0.5, 0.6) is 5.75 Å². The molecule has 3 nitrogen and oxygen atoms in total. The van der Waals surface area contributed by atoms with Gasteiger partial charge in [0.2, 0.25) is 0 Å². The molecule has 0 fully saturated rings. The van der Waals surface area contributed by atoms with E-state index < -0.39 is 0 Å². The van der Waals surface area contributed by atoms with E-state index in [-0.39, 0.29) is 6.10 Å². The molecule has 18 heavy (non-hydrogen) atoms. The van der Waals surface area contributed by atoms with Gasteiger partial charge in [-0.25, -0.2) is 0 Å². The van der Waals surface area contributed by atoms with Crippen LogP contribution in [-0.4, -0.2) is 12.6 Å². The third-order valence-electron chi connectivity index (χ3n) is 2.46. The van der Waals surface area contributed by atoms with Gasteiger partial charge in [-0.05, 0) is 43.3 Å². The molecule has 0 aliphatic carbocycles. The second kappa shape index (κ2) is 6.47. The van der Waals surface area contributed by atoms with E-state index in [0.29, 0.717) is 11.6 Å². The first-order chi connectivity index (χ1) is 8.74. The van der Waals surface area contributed by atoms with Crippen molar-refractivity contribution >= 4 is 11.6 Å². The Kier molecular flexibility index (Phi) is 4.67. The van der Waals surface area contributed by atoms with Gasteiger partial charge in [0.05, 0.1) is 12.8 Å². The summed E-state index contributed by atoms with van der Waals surface area (Å²) in [6.07, 6.45) is 1.76. The molecular formula is C14H16ClNO2. The summed E-state index contributed by atoms with van der Waals surface area (Å²) < 4.78 is 11.0. The topological polar surface area (TPSA) is 34.4 Å². The lowest BCUT2D eigenvalue weighted by Crippen LogP contribution is -2.28. The number of hydrogen-bond donors (Lipinski definition) is 1. The second-order valence-electron chi connectivity index (χ2n) is 4.09. The summed E-state index contributed by atoms with van der Waals surface area (Å²) in [7, 11) is 0. The van der Waals surface area contributed by atoms with Gasteiger partial charge < -0.3 is 14.5 Å². The van der Waals surface area contributed by atoms with E-state index in [1.165, 1.54) is 0 Å². The van der Waals surface area contributed by atoms with Gasteiger partial charge >= 0.3 is 0 Å². The first-order valence-electron chi connectivity index (χ1n) is 5.89. The maximum atomic E-state index is 5.81. The zero-order chi connectivity index (χ0) is 12.8. The van der Waals surface area contributed by atoms with Crippen LogP contribution < -0.4 is 10.1 Å². The van der Waals surface area contributed by atoms with Gasteiger partial charge in [0.15, 0.2) is 0 Å². The first-order valence-corrected chi connectivity index (χ1v) is 6.27. The monoisotopic (exact) mass is 265 g/mol. The van der Waals surface area contributed by atoms with E-state index in [0.717, 1.165) is 18.1 Å². The van der Waals surface area contributed by atoms with Crippen LogP contribution in [0.4, 0.5) is 0 Å². The Bertz CT molecular complexity index is 453. The van der Waals surface area contributed by atoms with Crippen LogP contribution in [0.15, 0.2) is 47.1 Å². The van der Waals surface area contributed by atoms with Gasteiger partial charge in [-0.2, -0.15) is 0 Å². The molecule has 1 aromatic carbocycles. The van der Waals surface area contributed by atoms with Gasteiger partial charge in [-0.3, -0.25) is 0 Å². The van der Waals surface area contributed by atoms with Gasteiger partial charge in [-0.15, -0.1) is 0 Å². The van der Waals surface area contributed by atoms with E-state index in [2.05, 4.69) is 5.32 Å². The van der Waals surface area contributed by atoms with Crippen LogP contribution in [0, 0.1) is 0 Å². The number of benzene rings is 1. The molecule has 2 rings (SSSR count). The van der Waals surface area contributed by atoms with Crippen LogP contribution in [0.3, 0.4) is 0 Å². The molecule has 4 heteroatoms. The Morgan fingerprint density at radius 1 is 1.28 bits per heavy atom. The molecule has 0 amide bonds. The maximum absolute atomic E-state index is 5.81. The summed E-state index contributed by atoms with van der Waals surface area (Å²) in [6, 6.07) is 11.2. The minimum absolute atomic E-state index is 0.0844. The molecule has 0 aliphatic rings.